The summed E-state index contributed by atoms with van der Waals surface area (Å²) in [4.78, 5) is 12.3. The summed E-state index contributed by atoms with van der Waals surface area (Å²) >= 11 is 6.20. The molecule has 2 aromatic heterocycles. The highest BCUT2D eigenvalue weighted by Gasteiger charge is 2.20. The van der Waals surface area contributed by atoms with Crippen LogP contribution in [0.2, 0.25) is 5.02 Å². The molecule has 0 radical (unpaired) electrons. The molecular weight excluding hydrogens is 360 g/mol. The first kappa shape index (κ1) is 17.7. The molecule has 0 spiro atoms. The van der Waals surface area contributed by atoms with Crippen molar-refractivity contribution in [3.8, 4) is 5.75 Å². The summed E-state index contributed by atoms with van der Waals surface area (Å²) in [5, 5.41) is 11.3. The summed E-state index contributed by atoms with van der Waals surface area (Å²) in [7, 11) is 0. The van der Waals surface area contributed by atoms with Crippen LogP contribution >= 0.6 is 11.6 Å². The highest BCUT2D eigenvalue weighted by Crippen LogP contribution is 2.28. The van der Waals surface area contributed by atoms with Gasteiger partial charge in [0, 0.05) is 59.9 Å². The predicted octanol–water partition coefficient (Wildman–Crippen LogP) is 4.11. The van der Waals surface area contributed by atoms with Gasteiger partial charge < -0.3 is 19.9 Å². The van der Waals surface area contributed by atoms with Gasteiger partial charge >= 0.3 is 0 Å². The number of aromatic nitrogens is 2. The maximum absolute atomic E-state index is 9.40. The van der Waals surface area contributed by atoms with E-state index in [1.54, 1.807) is 6.07 Å². The Bertz CT molecular complexity index is 972. The van der Waals surface area contributed by atoms with Crippen molar-refractivity contribution >= 4 is 28.3 Å². The van der Waals surface area contributed by atoms with Gasteiger partial charge in [0.1, 0.15) is 11.6 Å². The summed E-state index contributed by atoms with van der Waals surface area (Å²) in [6, 6.07) is 9.50. The van der Waals surface area contributed by atoms with E-state index in [9.17, 15) is 5.11 Å². The zero-order valence-electron chi connectivity index (χ0n) is 15.4. The fourth-order valence-electron chi connectivity index (χ4n) is 3.72. The van der Waals surface area contributed by atoms with Gasteiger partial charge in [-0.15, -0.1) is 0 Å². The van der Waals surface area contributed by atoms with Gasteiger partial charge in [0.05, 0.1) is 6.20 Å². The Morgan fingerprint density at radius 1 is 1.22 bits per heavy atom. The lowest BCUT2D eigenvalue weighted by atomic mass is 10.1. The Labute approximate surface area is 163 Å². The lowest BCUT2D eigenvalue weighted by molar-refractivity contribution is 0.316. The molecule has 27 heavy (non-hydrogen) atoms. The van der Waals surface area contributed by atoms with Crippen molar-refractivity contribution in [3.63, 3.8) is 0 Å². The maximum Gasteiger partial charge on any atom is 0.134 e. The molecule has 5 nitrogen and oxygen atoms in total. The van der Waals surface area contributed by atoms with Crippen LogP contribution in [0.15, 0.2) is 48.8 Å². The van der Waals surface area contributed by atoms with Gasteiger partial charge in [-0.05, 0) is 42.8 Å². The van der Waals surface area contributed by atoms with Gasteiger partial charge in [-0.1, -0.05) is 18.2 Å². The third-order valence-corrected chi connectivity index (χ3v) is 5.48. The molecule has 6 heteroatoms. The number of aromatic amines is 1. The van der Waals surface area contributed by atoms with Gasteiger partial charge in [-0.3, -0.25) is 0 Å². The number of hydrogen-bond donors (Lipinski definition) is 2. The van der Waals surface area contributed by atoms with Crippen molar-refractivity contribution < 1.29 is 5.11 Å². The van der Waals surface area contributed by atoms with Crippen LogP contribution in [0.5, 0.6) is 5.75 Å². The SMILES string of the molecule is C=C(Cc1c(C)[nH]c2ccc(Cl)cc12)N1CCN(c2ccc(O)cn2)CC1. The van der Waals surface area contributed by atoms with Crippen LogP contribution in [0, 0.1) is 6.92 Å². The minimum absolute atomic E-state index is 0.194. The largest absolute Gasteiger partial charge is 0.506 e. The Kier molecular flexibility index (Phi) is 4.70. The number of nitrogens with one attached hydrogen (secondary N) is 1. The molecule has 0 unspecified atom stereocenters. The number of benzene rings is 1. The van der Waals surface area contributed by atoms with Crippen LogP contribution < -0.4 is 4.90 Å². The van der Waals surface area contributed by atoms with E-state index in [1.165, 1.54) is 22.8 Å². The van der Waals surface area contributed by atoms with E-state index in [2.05, 4.69) is 33.3 Å². The third kappa shape index (κ3) is 3.60. The van der Waals surface area contributed by atoms with Crippen LogP contribution in [-0.4, -0.2) is 46.2 Å². The van der Waals surface area contributed by atoms with Crippen LogP contribution in [-0.2, 0) is 6.42 Å². The lowest BCUT2D eigenvalue weighted by Gasteiger charge is -2.37. The number of halogens is 1. The van der Waals surface area contributed by atoms with Crippen LogP contribution in [0.25, 0.3) is 10.9 Å². The quantitative estimate of drug-likeness (QED) is 0.713. The highest BCUT2D eigenvalue weighted by molar-refractivity contribution is 6.31. The molecule has 0 saturated carbocycles. The number of rotatable bonds is 4. The lowest BCUT2D eigenvalue weighted by Crippen LogP contribution is -2.46. The average Bonchev–Trinajstić information content (AvgIpc) is 2.97. The number of hydrogen-bond acceptors (Lipinski definition) is 4. The third-order valence-electron chi connectivity index (χ3n) is 5.25. The normalized spacial score (nSPS) is 14.7. The molecule has 2 N–H and O–H groups in total. The van der Waals surface area contributed by atoms with Crippen LogP contribution in [0.4, 0.5) is 5.82 Å². The number of H-pyrrole nitrogens is 1. The van der Waals surface area contributed by atoms with Gasteiger partial charge in [-0.25, -0.2) is 4.98 Å². The number of aryl methyl sites for hydroxylation is 1. The van der Waals surface area contributed by atoms with Gasteiger partial charge in [0.25, 0.3) is 0 Å². The molecule has 1 aliphatic heterocycles. The fraction of sp³-hybridized carbons (Fsp3) is 0.286. The van der Waals surface area contributed by atoms with E-state index in [0.717, 1.165) is 54.7 Å². The van der Waals surface area contributed by atoms with Crippen molar-refractivity contribution in [3.05, 3.63) is 65.1 Å². The smallest absolute Gasteiger partial charge is 0.134 e. The molecule has 0 bridgehead atoms. The Balaban J connectivity index is 1.44. The zero-order valence-corrected chi connectivity index (χ0v) is 16.1. The fourth-order valence-corrected chi connectivity index (χ4v) is 3.89. The van der Waals surface area contributed by atoms with E-state index in [1.807, 2.05) is 24.3 Å². The summed E-state index contributed by atoms with van der Waals surface area (Å²) in [5.74, 6) is 1.10. The molecule has 0 atom stereocenters. The number of nitrogens with zero attached hydrogens (tertiary/aromatic N) is 3. The van der Waals surface area contributed by atoms with E-state index in [-0.39, 0.29) is 5.75 Å². The molecule has 1 fully saturated rings. The first-order valence-electron chi connectivity index (χ1n) is 9.10. The van der Waals surface area contributed by atoms with Crippen molar-refractivity contribution in [1.82, 2.24) is 14.9 Å². The summed E-state index contributed by atoms with van der Waals surface area (Å²) in [5.41, 5.74) is 4.67. The Morgan fingerprint density at radius 2 is 2.00 bits per heavy atom. The number of allylic oxidation sites excluding steroid dienone is 1. The molecule has 1 aliphatic rings. The van der Waals surface area contributed by atoms with Crippen molar-refractivity contribution in [1.29, 1.82) is 0 Å². The Morgan fingerprint density at radius 3 is 2.70 bits per heavy atom. The van der Waals surface area contributed by atoms with Gasteiger partial charge in [-0.2, -0.15) is 0 Å². The van der Waals surface area contributed by atoms with Crippen molar-refractivity contribution in [2.75, 3.05) is 31.1 Å². The molecular formula is C21H23ClN4O. The van der Waals surface area contributed by atoms with E-state index in [0.29, 0.717) is 0 Å². The standard InChI is InChI=1S/C21H23ClN4O/c1-14(11-18-15(2)24-20-5-3-16(22)12-19(18)20)25-7-9-26(10-8-25)21-6-4-17(27)13-23-21/h3-6,12-13,24,27H,1,7-11H2,2H3. The molecule has 3 heterocycles. The summed E-state index contributed by atoms with van der Waals surface area (Å²) in [6.45, 7) is 10.0. The first-order chi connectivity index (χ1) is 13.0. The summed E-state index contributed by atoms with van der Waals surface area (Å²) < 4.78 is 0. The molecule has 0 amide bonds. The zero-order chi connectivity index (χ0) is 19.0. The monoisotopic (exact) mass is 382 g/mol. The second-order valence-electron chi connectivity index (χ2n) is 7.01. The summed E-state index contributed by atoms with van der Waals surface area (Å²) in [6.07, 6.45) is 2.30. The second-order valence-corrected chi connectivity index (χ2v) is 7.45. The second kappa shape index (κ2) is 7.16. The number of fused-ring (bicyclic) bond motifs is 1. The number of pyridine rings is 1. The molecule has 1 saturated heterocycles. The van der Waals surface area contributed by atoms with Crippen LogP contribution in [0.3, 0.4) is 0 Å². The number of anilines is 1. The first-order valence-corrected chi connectivity index (χ1v) is 9.48. The minimum atomic E-state index is 0.194. The molecule has 4 rings (SSSR count). The molecule has 3 aromatic rings. The predicted molar refractivity (Wildman–Crippen MR) is 111 cm³/mol. The topological polar surface area (TPSA) is 55.4 Å². The highest BCUT2D eigenvalue weighted by atomic mass is 35.5. The number of aromatic hydroxyl groups is 1. The number of piperazine rings is 1. The Hall–Kier alpha value is -2.66. The van der Waals surface area contributed by atoms with E-state index >= 15 is 0 Å². The van der Waals surface area contributed by atoms with Crippen molar-refractivity contribution in [2.24, 2.45) is 0 Å². The molecule has 1 aromatic carbocycles. The minimum Gasteiger partial charge on any atom is -0.506 e. The maximum atomic E-state index is 9.40. The van der Waals surface area contributed by atoms with E-state index < -0.39 is 0 Å². The van der Waals surface area contributed by atoms with Crippen LogP contribution in [0.1, 0.15) is 11.3 Å². The van der Waals surface area contributed by atoms with E-state index in [4.69, 9.17) is 11.6 Å². The average molecular weight is 383 g/mol. The van der Waals surface area contributed by atoms with Crippen molar-refractivity contribution in [2.45, 2.75) is 13.3 Å². The molecule has 0 aliphatic carbocycles. The molecule has 140 valence electrons. The van der Waals surface area contributed by atoms with Gasteiger partial charge in [0.15, 0.2) is 0 Å². The van der Waals surface area contributed by atoms with Gasteiger partial charge in [0.2, 0.25) is 0 Å².